The van der Waals surface area contributed by atoms with Crippen molar-refractivity contribution >= 4 is 5.96 Å². The Morgan fingerprint density at radius 3 is 2.56 bits per heavy atom. The van der Waals surface area contributed by atoms with Gasteiger partial charge in [0.15, 0.2) is 0 Å². The summed E-state index contributed by atoms with van der Waals surface area (Å²) in [6.45, 7) is 7.12. The Hall–Kier alpha value is -1.55. The van der Waals surface area contributed by atoms with E-state index in [1.54, 1.807) is 0 Å². The molecule has 0 aliphatic rings. The molecule has 0 amide bonds. The highest BCUT2D eigenvalue weighted by atomic mass is 15.3. The van der Waals surface area contributed by atoms with Crippen molar-refractivity contribution in [1.82, 2.24) is 10.7 Å². The van der Waals surface area contributed by atoms with Gasteiger partial charge in [-0.1, -0.05) is 43.2 Å². The van der Waals surface area contributed by atoms with Crippen LogP contribution in [0.1, 0.15) is 43.9 Å². The minimum absolute atomic E-state index is 0.182. The zero-order valence-corrected chi connectivity index (χ0v) is 11.5. The number of hydrogen-bond donors (Lipinski definition) is 3. The molecule has 1 atom stereocenters. The highest BCUT2D eigenvalue weighted by Gasteiger charge is 2.06. The van der Waals surface area contributed by atoms with E-state index < -0.39 is 0 Å². The SMILES string of the molecule is CCCCN=C(NN)NC(C)c1ccc(C)cc1. The average molecular weight is 248 g/mol. The monoisotopic (exact) mass is 248 g/mol. The van der Waals surface area contributed by atoms with Crippen molar-refractivity contribution < 1.29 is 0 Å². The van der Waals surface area contributed by atoms with Crippen molar-refractivity contribution in [1.29, 1.82) is 0 Å². The van der Waals surface area contributed by atoms with Crippen LogP contribution in [0.4, 0.5) is 0 Å². The van der Waals surface area contributed by atoms with Crippen molar-refractivity contribution in [2.75, 3.05) is 6.54 Å². The molecule has 4 heteroatoms. The topological polar surface area (TPSA) is 62.4 Å². The highest BCUT2D eigenvalue weighted by Crippen LogP contribution is 2.12. The van der Waals surface area contributed by atoms with Crippen molar-refractivity contribution in [3.63, 3.8) is 0 Å². The number of guanidine groups is 1. The Morgan fingerprint density at radius 1 is 1.33 bits per heavy atom. The van der Waals surface area contributed by atoms with Gasteiger partial charge in [-0.15, -0.1) is 0 Å². The van der Waals surface area contributed by atoms with E-state index >= 15 is 0 Å². The first-order chi connectivity index (χ1) is 8.67. The van der Waals surface area contributed by atoms with Gasteiger partial charge in [0.1, 0.15) is 0 Å². The molecule has 18 heavy (non-hydrogen) atoms. The summed E-state index contributed by atoms with van der Waals surface area (Å²) in [4.78, 5) is 4.38. The van der Waals surface area contributed by atoms with Crippen LogP contribution < -0.4 is 16.6 Å². The van der Waals surface area contributed by atoms with Crippen molar-refractivity contribution in [2.45, 2.75) is 39.7 Å². The largest absolute Gasteiger partial charge is 0.349 e. The van der Waals surface area contributed by atoms with E-state index in [1.807, 2.05) is 0 Å². The molecule has 0 bridgehead atoms. The fourth-order valence-corrected chi connectivity index (χ4v) is 1.63. The molecule has 0 aliphatic carbocycles. The van der Waals surface area contributed by atoms with Crippen LogP contribution in [0.5, 0.6) is 0 Å². The van der Waals surface area contributed by atoms with Gasteiger partial charge in [0.2, 0.25) is 5.96 Å². The summed E-state index contributed by atoms with van der Waals surface area (Å²) in [5, 5.41) is 3.28. The number of benzene rings is 1. The van der Waals surface area contributed by atoms with Gasteiger partial charge in [0, 0.05) is 6.54 Å². The van der Waals surface area contributed by atoms with Gasteiger partial charge in [-0.2, -0.15) is 0 Å². The first kappa shape index (κ1) is 14.5. The second-order valence-electron chi connectivity index (χ2n) is 4.50. The molecule has 0 aromatic heterocycles. The minimum atomic E-state index is 0.182. The number of nitrogens with two attached hydrogens (primary N) is 1. The van der Waals surface area contributed by atoms with Crippen LogP contribution in [0.3, 0.4) is 0 Å². The van der Waals surface area contributed by atoms with Gasteiger partial charge in [-0.25, -0.2) is 5.84 Å². The molecule has 0 spiro atoms. The Labute approximate surface area is 110 Å². The van der Waals surface area contributed by atoms with Crippen LogP contribution in [0.2, 0.25) is 0 Å². The van der Waals surface area contributed by atoms with Crippen LogP contribution in [0.25, 0.3) is 0 Å². The minimum Gasteiger partial charge on any atom is -0.349 e. The molecule has 1 rings (SSSR count). The smallest absolute Gasteiger partial charge is 0.206 e. The average Bonchev–Trinajstić information content (AvgIpc) is 2.38. The first-order valence-electron chi connectivity index (χ1n) is 6.51. The van der Waals surface area contributed by atoms with Crippen LogP contribution in [-0.4, -0.2) is 12.5 Å². The fraction of sp³-hybridized carbons (Fsp3) is 0.500. The van der Waals surface area contributed by atoms with Crippen molar-refractivity contribution in [3.8, 4) is 0 Å². The summed E-state index contributed by atoms with van der Waals surface area (Å²) < 4.78 is 0. The normalized spacial score (nSPS) is 13.2. The summed E-state index contributed by atoms with van der Waals surface area (Å²) in [5.41, 5.74) is 5.10. The van der Waals surface area contributed by atoms with E-state index in [1.165, 1.54) is 11.1 Å². The van der Waals surface area contributed by atoms with Gasteiger partial charge in [-0.05, 0) is 25.8 Å². The molecular formula is C14H24N4. The second kappa shape index (κ2) is 7.71. The molecule has 0 saturated heterocycles. The second-order valence-corrected chi connectivity index (χ2v) is 4.50. The van der Waals surface area contributed by atoms with Crippen LogP contribution >= 0.6 is 0 Å². The molecular weight excluding hydrogens is 224 g/mol. The molecule has 0 saturated carbocycles. The molecule has 100 valence electrons. The predicted octanol–water partition coefficient (Wildman–Crippen LogP) is 2.27. The molecule has 0 aliphatic heterocycles. The third-order valence-corrected chi connectivity index (χ3v) is 2.85. The number of aliphatic imine (C=N–C) groups is 1. The van der Waals surface area contributed by atoms with Crippen molar-refractivity contribution in [2.24, 2.45) is 10.8 Å². The van der Waals surface area contributed by atoms with E-state index in [4.69, 9.17) is 5.84 Å². The number of hydrogen-bond acceptors (Lipinski definition) is 2. The van der Waals surface area contributed by atoms with Gasteiger partial charge >= 0.3 is 0 Å². The Bertz CT molecular complexity index is 370. The summed E-state index contributed by atoms with van der Waals surface area (Å²) in [6.07, 6.45) is 2.21. The summed E-state index contributed by atoms with van der Waals surface area (Å²) in [7, 11) is 0. The standard InChI is InChI=1S/C14H24N4/c1-4-5-10-16-14(18-15)17-12(3)13-8-6-11(2)7-9-13/h6-9,12H,4-5,10,15H2,1-3H3,(H2,16,17,18). The molecule has 0 fully saturated rings. The third-order valence-electron chi connectivity index (χ3n) is 2.85. The number of rotatable bonds is 5. The van der Waals surface area contributed by atoms with E-state index in [9.17, 15) is 0 Å². The van der Waals surface area contributed by atoms with Gasteiger partial charge in [0.05, 0.1) is 6.04 Å². The molecule has 0 heterocycles. The number of aryl methyl sites for hydroxylation is 1. The number of nitrogens with one attached hydrogen (secondary N) is 2. The summed E-state index contributed by atoms with van der Waals surface area (Å²) in [5.74, 6) is 6.11. The molecule has 0 radical (unpaired) electrons. The molecule has 1 unspecified atom stereocenters. The number of hydrazine groups is 1. The first-order valence-corrected chi connectivity index (χ1v) is 6.51. The van der Waals surface area contributed by atoms with Gasteiger partial charge < -0.3 is 5.32 Å². The molecule has 1 aromatic rings. The van der Waals surface area contributed by atoms with Crippen LogP contribution in [0, 0.1) is 6.92 Å². The predicted molar refractivity (Wildman–Crippen MR) is 77.3 cm³/mol. The van der Waals surface area contributed by atoms with E-state index in [2.05, 4.69) is 60.8 Å². The lowest BCUT2D eigenvalue weighted by Gasteiger charge is -2.17. The zero-order valence-electron chi connectivity index (χ0n) is 11.5. The van der Waals surface area contributed by atoms with Gasteiger partial charge in [0.25, 0.3) is 0 Å². The molecule has 4 nitrogen and oxygen atoms in total. The van der Waals surface area contributed by atoms with Crippen LogP contribution in [0.15, 0.2) is 29.3 Å². The van der Waals surface area contributed by atoms with Crippen molar-refractivity contribution in [3.05, 3.63) is 35.4 Å². The summed E-state index contributed by atoms with van der Waals surface area (Å²) >= 11 is 0. The fourth-order valence-electron chi connectivity index (χ4n) is 1.63. The number of unbranched alkanes of at least 4 members (excludes halogenated alkanes) is 1. The number of nitrogens with zero attached hydrogens (tertiary/aromatic N) is 1. The van der Waals surface area contributed by atoms with E-state index in [-0.39, 0.29) is 6.04 Å². The Kier molecular flexibility index (Phi) is 6.22. The Morgan fingerprint density at radius 2 is 2.00 bits per heavy atom. The lowest BCUT2D eigenvalue weighted by Crippen LogP contribution is -2.42. The maximum absolute atomic E-state index is 5.46. The van der Waals surface area contributed by atoms with E-state index in [0.29, 0.717) is 5.96 Å². The zero-order chi connectivity index (χ0) is 13.4. The van der Waals surface area contributed by atoms with Gasteiger partial charge in [-0.3, -0.25) is 10.4 Å². The maximum atomic E-state index is 5.46. The van der Waals surface area contributed by atoms with E-state index in [0.717, 1.165) is 19.4 Å². The molecule has 4 N–H and O–H groups in total. The lowest BCUT2D eigenvalue weighted by molar-refractivity contribution is 0.683. The molecule has 1 aromatic carbocycles. The highest BCUT2D eigenvalue weighted by molar-refractivity contribution is 5.79. The van der Waals surface area contributed by atoms with Crippen LogP contribution in [-0.2, 0) is 0 Å². The lowest BCUT2D eigenvalue weighted by atomic mass is 10.1. The Balaban J connectivity index is 2.58. The maximum Gasteiger partial charge on any atom is 0.206 e. The quantitative estimate of drug-likeness (QED) is 0.246. The third kappa shape index (κ3) is 4.75. The summed E-state index contributed by atoms with van der Waals surface area (Å²) in [6, 6.07) is 8.64.